The Bertz CT molecular complexity index is 1140. The molecule has 0 saturated heterocycles. The highest BCUT2D eigenvalue weighted by molar-refractivity contribution is 5.98. The van der Waals surface area contributed by atoms with Crippen molar-refractivity contribution in [1.82, 2.24) is 4.98 Å². The van der Waals surface area contributed by atoms with Crippen LogP contribution in [-0.4, -0.2) is 43.8 Å². The van der Waals surface area contributed by atoms with E-state index in [2.05, 4.69) is 4.98 Å². The average Bonchev–Trinajstić information content (AvgIpc) is 2.58. The Morgan fingerprint density at radius 2 is 1.94 bits per heavy atom. The van der Waals surface area contributed by atoms with Gasteiger partial charge >= 0.3 is 17.9 Å². The molecule has 0 bridgehead atoms. The Morgan fingerprint density at radius 3 is 2.55 bits per heavy atom. The molecule has 31 heavy (non-hydrogen) atoms. The van der Waals surface area contributed by atoms with Crippen molar-refractivity contribution >= 4 is 40.3 Å². The maximum atomic E-state index is 14.4. The molecule has 1 atom stereocenters. The van der Waals surface area contributed by atoms with E-state index in [1.165, 1.54) is 12.1 Å². The fourth-order valence-corrected chi connectivity index (χ4v) is 3.61. The van der Waals surface area contributed by atoms with E-state index < -0.39 is 47.6 Å². The van der Waals surface area contributed by atoms with Crippen LogP contribution >= 0.6 is 0 Å². The van der Waals surface area contributed by atoms with Gasteiger partial charge in [0.15, 0.2) is 5.60 Å². The summed E-state index contributed by atoms with van der Waals surface area (Å²) in [6.45, 7) is 3.69. The van der Waals surface area contributed by atoms with E-state index in [1.807, 2.05) is 13.8 Å². The monoisotopic (exact) mass is 432 g/mol. The lowest BCUT2D eigenvalue weighted by atomic mass is 9.80. The van der Waals surface area contributed by atoms with Gasteiger partial charge in [-0.15, -0.1) is 0 Å². The number of anilines is 1. The first-order valence-corrected chi connectivity index (χ1v) is 9.31. The Hall–Kier alpha value is -3.53. The molecule has 1 aromatic heterocycles. The summed E-state index contributed by atoms with van der Waals surface area (Å²) in [5, 5.41) is 28.2. The predicted octanol–water partition coefficient (Wildman–Crippen LogP) is 2.10. The zero-order valence-electron chi connectivity index (χ0n) is 16.8. The number of carboxylic acid groups (broad SMARTS) is 2. The number of nitrogen functional groups attached to an aromatic ring is 1. The number of carbonyl (C=O) groups is 3. The number of esters is 1. The number of ether oxygens (including phenoxy) is 1. The second-order valence-electron chi connectivity index (χ2n) is 8.21. The van der Waals surface area contributed by atoms with Crippen molar-refractivity contribution in [1.29, 1.82) is 0 Å². The quantitative estimate of drug-likeness (QED) is 0.501. The molecule has 0 amide bonds. The van der Waals surface area contributed by atoms with Crippen molar-refractivity contribution in [2.75, 3.05) is 5.73 Å². The summed E-state index contributed by atoms with van der Waals surface area (Å²) in [7, 11) is 0. The Morgan fingerprint density at radius 1 is 1.26 bits per heavy atom. The van der Waals surface area contributed by atoms with E-state index in [1.54, 1.807) is 12.1 Å². The number of aromatic nitrogens is 1. The second-order valence-corrected chi connectivity index (χ2v) is 8.21. The summed E-state index contributed by atoms with van der Waals surface area (Å²) >= 11 is 0. The van der Waals surface area contributed by atoms with Crippen LogP contribution in [0.2, 0.25) is 0 Å². The number of halogens is 1. The Kier molecular flexibility index (Phi) is 5.45. The van der Waals surface area contributed by atoms with E-state index in [9.17, 15) is 23.9 Å². The second kappa shape index (κ2) is 7.62. The third-order valence-corrected chi connectivity index (χ3v) is 4.97. The molecule has 1 aliphatic rings. The Balaban J connectivity index is 2.03. The van der Waals surface area contributed by atoms with Gasteiger partial charge in [-0.2, -0.15) is 0 Å². The number of aliphatic carboxylic acids is 2. The summed E-state index contributed by atoms with van der Waals surface area (Å²) in [6.07, 6.45) is -0.317. The van der Waals surface area contributed by atoms with Crippen molar-refractivity contribution in [2.24, 2.45) is 5.41 Å². The summed E-state index contributed by atoms with van der Waals surface area (Å²) < 4.78 is 19.7. The van der Waals surface area contributed by atoms with Gasteiger partial charge in [0.05, 0.1) is 40.7 Å². The number of carbonyl (C=O) groups excluding carboxylic acids is 1. The molecular formula is C21H21FN2O7. The maximum Gasteiger partial charge on any atom is 0.336 e. The summed E-state index contributed by atoms with van der Waals surface area (Å²) in [5.41, 5.74) is 3.82. The molecule has 0 radical (unpaired) electrons. The first-order valence-electron chi connectivity index (χ1n) is 9.31. The number of hydrogen-bond donors (Lipinski definition) is 4. The van der Waals surface area contributed by atoms with Gasteiger partial charge in [-0.3, -0.25) is 14.6 Å². The van der Waals surface area contributed by atoms with Crippen molar-refractivity contribution in [3.05, 3.63) is 41.3 Å². The number of benzene rings is 1. The van der Waals surface area contributed by atoms with Crippen molar-refractivity contribution < 1.29 is 38.8 Å². The first-order chi connectivity index (χ1) is 14.3. The third-order valence-electron chi connectivity index (χ3n) is 4.97. The number of pyridine rings is 1. The number of hydrogen-bond acceptors (Lipinski definition) is 7. The normalized spacial score (nSPS) is 16.7. The number of allylic oxidation sites excluding steroid dienone is 1. The van der Waals surface area contributed by atoms with Gasteiger partial charge in [0.25, 0.3) is 0 Å². The van der Waals surface area contributed by atoms with Crippen molar-refractivity contribution in [3.63, 3.8) is 0 Å². The summed E-state index contributed by atoms with van der Waals surface area (Å²) in [6, 6.07) is 4.31. The van der Waals surface area contributed by atoms with Crippen LogP contribution in [0.1, 0.15) is 37.9 Å². The fraction of sp³-hybridized carbons (Fsp3) is 0.333. The molecule has 0 aliphatic heterocycles. The standard InChI is InChI=1S/C21H21FN2O7/c1-20(2)6-12-17(18(23)16-10(22)4-3-5-11(16)24-12)13(7-20)31-15(27)9-21(30,19(28)29)8-14(25)26/h3-5,7,30H,6,8-9H2,1-2H3,(H2,23,24)(H,25,26)(H,28,29). The molecule has 0 saturated carbocycles. The largest absolute Gasteiger partial charge is 0.481 e. The number of fused-ring (bicyclic) bond motifs is 2. The SMILES string of the molecule is CC1(C)C=C(OC(=O)CC(O)(CC(=O)O)C(=O)O)c2c(nc3cccc(F)c3c2N)C1. The Labute approximate surface area is 176 Å². The number of carboxylic acids is 2. The molecule has 1 heterocycles. The molecule has 1 unspecified atom stereocenters. The van der Waals surface area contributed by atoms with Crippen LogP contribution in [0.4, 0.5) is 10.1 Å². The molecule has 10 heteroatoms. The molecule has 3 rings (SSSR count). The molecule has 5 N–H and O–H groups in total. The molecule has 0 fully saturated rings. The smallest absolute Gasteiger partial charge is 0.336 e. The summed E-state index contributed by atoms with van der Waals surface area (Å²) in [4.78, 5) is 39.1. The topological polar surface area (TPSA) is 160 Å². The molecule has 1 aliphatic carbocycles. The van der Waals surface area contributed by atoms with Crippen LogP contribution in [0.3, 0.4) is 0 Å². The van der Waals surface area contributed by atoms with Crippen molar-refractivity contribution in [3.8, 4) is 0 Å². The maximum absolute atomic E-state index is 14.4. The lowest BCUT2D eigenvalue weighted by molar-refractivity contribution is -0.170. The van der Waals surface area contributed by atoms with E-state index >= 15 is 0 Å². The van der Waals surface area contributed by atoms with Gasteiger partial charge in [-0.1, -0.05) is 19.9 Å². The molecule has 1 aromatic carbocycles. The van der Waals surface area contributed by atoms with Crippen LogP contribution in [0.5, 0.6) is 0 Å². The zero-order valence-corrected chi connectivity index (χ0v) is 16.8. The van der Waals surface area contributed by atoms with Gasteiger partial charge in [0, 0.05) is 0 Å². The van der Waals surface area contributed by atoms with Gasteiger partial charge in [-0.25, -0.2) is 9.18 Å². The molecule has 2 aromatic rings. The first kappa shape index (κ1) is 22.2. The van der Waals surface area contributed by atoms with Gasteiger partial charge in [0.2, 0.25) is 0 Å². The van der Waals surface area contributed by atoms with Gasteiger partial charge < -0.3 is 25.8 Å². The zero-order chi connectivity index (χ0) is 23.1. The third kappa shape index (κ3) is 4.33. The summed E-state index contributed by atoms with van der Waals surface area (Å²) in [5.74, 6) is -5.33. The highest BCUT2D eigenvalue weighted by Gasteiger charge is 2.42. The predicted molar refractivity (Wildman–Crippen MR) is 107 cm³/mol. The van der Waals surface area contributed by atoms with Gasteiger partial charge in [-0.05, 0) is 30.0 Å². The van der Waals surface area contributed by atoms with Crippen LogP contribution in [-0.2, 0) is 25.5 Å². The number of nitrogens with two attached hydrogens (primary N) is 1. The average molecular weight is 432 g/mol. The lowest BCUT2D eigenvalue weighted by Crippen LogP contribution is -2.43. The minimum Gasteiger partial charge on any atom is -0.481 e. The molecule has 164 valence electrons. The van der Waals surface area contributed by atoms with Crippen LogP contribution in [0, 0.1) is 11.2 Å². The van der Waals surface area contributed by atoms with Crippen LogP contribution < -0.4 is 5.73 Å². The lowest BCUT2D eigenvalue weighted by Gasteiger charge is -2.30. The van der Waals surface area contributed by atoms with Crippen LogP contribution in [0.25, 0.3) is 16.7 Å². The number of aliphatic hydroxyl groups is 1. The molecular weight excluding hydrogens is 411 g/mol. The molecule has 0 spiro atoms. The van der Waals surface area contributed by atoms with E-state index in [-0.39, 0.29) is 22.4 Å². The van der Waals surface area contributed by atoms with Crippen molar-refractivity contribution in [2.45, 2.75) is 38.7 Å². The van der Waals surface area contributed by atoms with E-state index in [0.717, 1.165) is 0 Å². The minimum absolute atomic E-state index is 0.00619. The highest BCUT2D eigenvalue weighted by Crippen LogP contribution is 2.42. The van der Waals surface area contributed by atoms with Crippen LogP contribution in [0.15, 0.2) is 24.3 Å². The number of rotatable bonds is 6. The van der Waals surface area contributed by atoms with E-state index in [4.69, 9.17) is 20.7 Å². The number of nitrogens with zero attached hydrogens (tertiary/aromatic N) is 1. The van der Waals surface area contributed by atoms with E-state index in [0.29, 0.717) is 17.6 Å². The fourth-order valence-electron chi connectivity index (χ4n) is 3.61. The minimum atomic E-state index is -2.85. The highest BCUT2D eigenvalue weighted by atomic mass is 19.1. The van der Waals surface area contributed by atoms with Gasteiger partial charge in [0.1, 0.15) is 11.6 Å². The molecule has 9 nitrogen and oxygen atoms in total.